The van der Waals surface area contributed by atoms with E-state index in [1.54, 1.807) is 36.5 Å². The number of halogens is 1. The molecule has 0 aliphatic rings. The maximum Gasteiger partial charge on any atom is 0.277 e. The molecule has 3 aromatic rings. The van der Waals surface area contributed by atoms with Crippen molar-refractivity contribution in [2.24, 2.45) is 0 Å². The smallest absolute Gasteiger partial charge is 0.277 e. The minimum absolute atomic E-state index is 0.149. The summed E-state index contributed by atoms with van der Waals surface area (Å²) >= 11 is 7.20. The molecule has 8 heteroatoms. The molecule has 1 amide bonds. The first-order valence-corrected chi connectivity index (χ1v) is 8.42. The standard InChI is InChI=1S/C16H13ClN4O2S/c1-10-11(17)5-4-7-12(10)19-14(22)9-24-16-21-20-15(23-16)13-6-2-3-8-18-13/h2-8H,9H2,1H3,(H,19,22). The first-order chi connectivity index (χ1) is 11.6. The summed E-state index contributed by atoms with van der Waals surface area (Å²) in [4.78, 5) is 16.2. The number of hydrogen-bond donors (Lipinski definition) is 1. The van der Waals surface area contributed by atoms with E-state index < -0.39 is 0 Å². The molecule has 0 aliphatic carbocycles. The van der Waals surface area contributed by atoms with Gasteiger partial charge in [0.25, 0.3) is 11.1 Å². The molecule has 1 aromatic carbocycles. The third-order valence-electron chi connectivity index (χ3n) is 3.16. The van der Waals surface area contributed by atoms with Crippen molar-refractivity contribution in [1.29, 1.82) is 0 Å². The van der Waals surface area contributed by atoms with Crippen molar-refractivity contribution in [1.82, 2.24) is 15.2 Å². The number of pyridine rings is 1. The van der Waals surface area contributed by atoms with E-state index in [0.29, 0.717) is 27.5 Å². The van der Waals surface area contributed by atoms with E-state index in [1.807, 2.05) is 13.0 Å². The second-order valence-corrected chi connectivity index (χ2v) is 6.17. The van der Waals surface area contributed by atoms with Gasteiger partial charge in [0.2, 0.25) is 5.91 Å². The van der Waals surface area contributed by atoms with Crippen molar-refractivity contribution in [2.45, 2.75) is 12.1 Å². The summed E-state index contributed by atoms with van der Waals surface area (Å²) in [6.45, 7) is 1.85. The highest BCUT2D eigenvalue weighted by Crippen LogP contribution is 2.24. The minimum Gasteiger partial charge on any atom is -0.410 e. The van der Waals surface area contributed by atoms with Crippen LogP contribution in [-0.2, 0) is 4.79 Å². The molecule has 3 rings (SSSR count). The van der Waals surface area contributed by atoms with Gasteiger partial charge in [-0.1, -0.05) is 35.5 Å². The first kappa shape index (κ1) is 16.5. The average Bonchev–Trinajstić information content (AvgIpc) is 3.07. The normalized spacial score (nSPS) is 10.6. The molecule has 122 valence electrons. The van der Waals surface area contributed by atoms with Gasteiger partial charge in [0, 0.05) is 16.9 Å². The summed E-state index contributed by atoms with van der Waals surface area (Å²) in [6, 6.07) is 10.8. The van der Waals surface area contributed by atoms with Crippen molar-refractivity contribution >= 4 is 35.0 Å². The van der Waals surface area contributed by atoms with Crippen LogP contribution in [0.4, 0.5) is 5.69 Å². The number of carbonyl (C=O) groups is 1. The Bertz CT molecular complexity index is 854. The number of thioether (sulfide) groups is 1. The second kappa shape index (κ2) is 7.46. The molecule has 0 radical (unpaired) electrons. The number of nitrogens with zero attached hydrogens (tertiary/aromatic N) is 3. The first-order valence-electron chi connectivity index (χ1n) is 7.06. The van der Waals surface area contributed by atoms with Gasteiger partial charge in [-0.2, -0.15) is 0 Å². The molecule has 0 aliphatic heterocycles. The van der Waals surface area contributed by atoms with Gasteiger partial charge in [0.15, 0.2) is 0 Å². The Morgan fingerprint density at radius 3 is 2.92 bits per heavy atom. The van der Waals surface area contributed by atoms with Gasteiger partial charge in [-0.25, -0.2) is 0 Å². The molecule has 2 heterocycles. The third-order valence-corrected chi connectivity index (χ3v) is 4.39. The van der Waals surface area contributed by atoms with Gasteiger partial charge in [0.1, 0.15) is 5.69 Å². The van der Waals surface area contributed by atoms with Crippen LogP contribution in [0.3, 0.4) is 0 Å². The SMILES string of the molecule is Cc1c(Cl)cccc1NC(=O)CSc1nnc(-c2ccccn2)o1. The fourth-order valence-corrected chi connectivity index (χ4v) is 2.66. The number of carbonyl (C=O) groups excluding carboxylic acids is 1. The largest absolute Gasteiger partial charge is 0.410 e. The van der Waals surface area contributed by atoms with Crippen LogP contribution in [0, 0.1) is 6.92 Å². The van der Waals surface area contributed by atoms with Gasteiger partial charge < -0.3 is 9.73 Å². The highest BCUT2D eigenvalue weighted by molar-refractivity contribution is 7.99. The Morgan fingerprint density at radius 2 is 2.12 bits per heavy atom. The van der Waals surface area contributed by atoms with E-state index in [1.165, 1.54) is 0 Å². The third kappa shape index (κ3) is 3.93. The Balaban J connectivity index is 1.59. The van der Waals surface area contributed by atoms with Gasteiger partial charge in [0.05, 0.1) is 5.75 Å². The van der Waals surface area contributed by atoms with Gasteiger partial charge in [-0.15, -0.1) is 10.2 Å². The van der Waals surface area contributed by atoms with E-state index in [9.17, 15) is 4.79 Å². The Morgan fingerprint density at radius 1 is 1.25 bits per heavy atom. The highest BCUT2D eigenvalue weighted by atomic mass is 35.5. The molecule has 0 saturated carbocycles. The van der Waals surface area contributed by atoms with Crippen LogP contribution in [0.1, 0.15) is 5.56 Å². The van der Waals surface area contributed by atoms with Crippen LogP contribution in [0.15, 0.2) is 52.2 Å². The quantitative estimate of drug-likeness (QED) is 0.696. The molecular weight excluding hydrogens is 348 g/mol. The predicted octanol–water partition coefficient (Wildman–Crippen LogP) is 3.82. The number of benzene rings is 1. The zero-order valence-corrected chi connectivity index (χ0v) is 14.3. The summed E-state index contributed by atoms with van der Waals surface area (Å²) in [5, 5.41) is 11.6. The number of hydrogen-bond acceptors (Lipinski definition) is 6. The lowest BCUT2D eigenvalue weighted by atomic mass is 10.2. The lowest BCUT2D eigenvalue weighted by Crippen LogP contribution is -2.14. The van der Waals surface area contributed by atoms with Crippen molar-refractivity contribution in [3.8, 4) is 11.6 Å². The molecule has 0 fully saturated rings. The fourth-order valence-electron chi connectivity index (χ4n) is 1.92. The molecular formula is C16H13ClN4O2S. The summed E-state index contributed by atoms with van der Waals surface area (Å²) in [6.07, 6.45) is 1.65. The van der Waals surface area contributed by atoms with E-state index in [2.05, 4.69) is 20.5 Å². The molecule has 1 N–H and O–H groups in total. The lowest BCUT2D eigenvalue weighted by molar-refractivity contribution is -0.113. The van der Waals surface area contributed by atoms with Gasteiger partial charge in [-0.05, 0) is 36.8 Å². The molecule has 0 spiro atoms. The van der Waals surface area contributed by atoms with E-state index in [0.717, 1.165) is 17.3 Å². The van der Waals surface area contributed by atoms with Crippen LogP contribution in [0.5, 0.6) is 0 Å². The second-order valence-electron chi connectivity index (χ2n) is 4.84. The lowest BCUT2D eigenvalue weighted by Gasteiger charge is -2.08. The van der Waals surface area contributed by atoms with Crippen molar-refractivity contribution in [2.75, 3.05) is 11.1 Å². The van der Waals surface area contributed by atoms with Crippen LogP contribution in [-0.4, -0.2) is 26.8 Å². The van der Waals surface area contributed by atoms with Crippen molar-refractivity contribution in [3.05, 3.63) is 53.2 Å². The molecule has 0 atom stereocenters. The maximum atomic E-state index is 12.0. The molecule has 0 unspecified atom stereocenters. The van der Waals surface area contributed by atoms with Crippen LogP contribution < -0.4 is 5.32 Å². The summed E-state index contributed by atoms with van der Waals surface area (Å²) in [7, 11) is 0. The van der Waals surface area contributed by atoms with Crippen molar-refractivity contribution < 1.29 is 9.21 Å². The Kier molecular flexibility index (Phi) is 5.12. The topological polar surface area (TPSA) is 80.9 Å². The number of anilines is 1. The summed E-state index contributed by atoms with van der Waals surface area (Å²) < 4.78 is 5.49. The molecule has 24 heavy (non-hydrogen) atoms. The molecule has 6 nitrogen and oxygen atoms in total. The van der Waals surface area contributed by atoms with Crippen molar-refractivity contribution in [3.63, 3.8) is 0 Å². The Hall–Kier alpha value is -2.38. The Labute approximate surface area is 147 Å². The van der Waals surface area contributed by atoms with Gasteiger partial charge >= 0.3 is 0 Å². The molecule has 2 aromatic heterocycles. The monoisotopic (exact) mass is 360 g/mol. The van der Waals surface area contributed by atoms with E-state index >= 15 is 0 Å². The van der Waals surface area contributed by atoms with Crippen LogP contribution in [0.25, 0.3) is 11.6 Å². The predicted molar refractivity (Wildman–Crippen MR) is 93.1 cm³/mol. The maximum absolute atomic E-state index is 12.0. The van der Waals surface area contributed by atoms with Crippen LogP contribution >= 0.6 is 23.4 Å². The molecule has 0 saturated heterocycles. The van der Waals surface area contributed by atoms with Crippen LogP contribution in [0.2, 0.25) is 5.02 Å². The van der Waals surface area contributed by atoms with E-state index in [-0.39, 0.29) is 11.7 Å². The minimum atomic E-state index is -0.178. The fraction of sp³-hybridized carbons (Fsp3) is 0.125. The zero-order valence-electron chi connectivity index (χ0n) is 12.7. The molecule has 0 bridgehead atoms. The zero-order chi connectivity index (χ0) is 16.9. The average molecular weight is 361 g/mol. The summed E-state index contributed by atoms with van der Waals surface area (Å²) in [5.41, 5.74) is 2.11. The number of nitrogens with one attached hydrogen (secondary N) is 1. The summed E-state index contributed by atoms with van der Waals surface area (Å²) in [5.74, 6) is 0.294. The number of rotatable bonds is 5. The number of aromatic nitrogens is 3. The van der Waals surface area contributed by atoms with E-state index in [4.69, 9.17) is 16.0 Å². The highest BCUT2D eigenvalue weighted by Gasteiger charge is 2.12. The van der Waals surface area contributed by atoms with Gasteiger partial charge in [-0.3, -0.25) is 9.78 Å². The number of amides is 1.